The Morgan fingerprint density at radius 1 is 1.18 bits per heavy atom. The molecule has 2 amide bonds. The average Bonchev–Trinajstić information content (AvgIpc) is 3.38. The number of aliphatic imine (C=N–C) groups is 1. The molecule has 0 bridgehead atoms. The predicted octanol–water partition coefficient (Wildman–Crippen LogP) is 1.63. The van der Waals surface area contributed by atoms with Crippen molar-refractivity contribution in [3.63, 3.8) is 0 Å². The molecule has 2 aromatic carbocycles. The zero-order chi connectivity index (χ0) is 23.4. The van der Waals surface area contributed by atoms with Gasteiger partial charge in [-0.3, -0.25) is 19.4 Å². The molecule has 1 saturated heterocycles. The molecule has 8 nitrogen and oxygen atoms in total. The van der Waals surface area contributed by atoms with Gasteiger partial charge in [-0.15, -0.1) is 0 Å². The van der Waals surface area contributed by atoms with E-state index in [-0.39, 0.29) is 30.8 Å². The van der Waals surface area contributed by atoms with Gasteiger partial charge in [-0.2, -0.15) is 0 Å². The molecule has 2 aromatic rings. The molecular weight excluding hydrogens is 420 g/mol. The number of carbonyl (C=O) groups excluding carboxylic acids is 2. The number of fused-ring (bicyclic) bond motifs is 1. The highest BCUT2D eigenvalue weighted by molar-refractivity contribution is 6.02. The molecule has 2 atom stereocenters. The molecule has 5 N–H and O–H groups in total. The van der Waals surface area contributed by atoms with Crippen LogP contribution >= 0.6 is 0 Å². The molecule has 4 rings (SSSR count). The fourth-order valence-corrected chi connectivity index (χ4v) is 4.17. The van der Waals surface area contributed by atoms with E-state index in [1.165, 1.54) is 0 Å². The molecule has 0 radical (unpaired) electrons. The van der Waals surface area contributed by atoms with E-state index in [0.29, 0.717) is 30.8 Å². The summed E-state index contributed by atoms with van der Waals surface area (Å²) >= 11 is 0. The molecule has 2 unspecified atom stereocenters. The minimum Gasteiger partial charge on any atom is -0.481 e. The van der Waals surface area contributed by atoms with Crippen molar-refractivity contribution >= 4 is 29.7 Å². The number of nitrogens with one attached hydrogen (secondary N) is 2. The molecule has 0 spiro atoms. The van der Waals surface area contributed by atoms with Crippen molar-refractivity contribution in [2.24, 2.45) is 16.6 Å². The van der Waals surface area contributed by atoms with Crippen LogP contribution in [0, 0.1) is 5.92 Å². The number of amides is 2. The molecule has 1 aliphatic heterocycles. The Bertz CT molecular complexity index is 1140. The Kier molecular flexibility index (Phi) is 6.53. The molecule has 1 heterocycles. The summed E-state index contributed by atoms with van der Waals surface area (Å²) < 4.78 is 0. The normalized spacial score (nSPS) is 19.6. The minimum atomic E-state index is -1.00. The Balaban J connectivity index is 1.34. The van der Waals surface area contributed by atoms with Gasteiger partial charge in [0.2, 0.25) is 11.8 Å². The van der Waals surface area contributed by atoms with E-state index in [4.69, 9.17) is 10.8 Å². The Morgan fingerprint density at radius 3 is 2.73 bits per heavy atom. The monoisotopic (exact) mass is 446 g/mol. The van der Waals surface area contributed by atoms with Crippen molar-refractivity contribution in [1.29, 1.82) is 0 Å². The summed E-state index contributed by atoms with van der Waals surface area (Å²) in [6.45, 7) is 0.761. The van der Waals surface area contributed by atoms with Crippen LogP contribution in [0.3, 0.4) is 0 Å². The van der Waals surface area contributed by atoms with Gasteiger partial charge in [-0.05, 0) is 35.3 Å². The first-order chi connectivity index (χ1) is 15.9. The van der Waals surface area contributed by atoms with Crippen LogP contribution < -0.4 is 16.4 Å². The first-order valence-corrected chi connectivity index (χ1v) is 10.9. The second kappa shape index (κ2) is 9.68. The van der Waals surface area contributed by atoms with E-state index < -0.39 is 11.9 Å². The summed E-state index contributed by atoms with van der Waals surface area (Å²) in [5.41, 5.74) is 10.7. The summed E-state index contributed by atoms with van der Waals surface area (Å²) in [7, 11) is 0. The summed E-state index contributed by atoms with van der Waals surface area (Å²) in [5.74, 6) is -1.58. The van der Waals surface area contributed by atoms with Crippen molar-refractivity contribution in [2.75, 3.05) is 6.54 Å². The van der Waals surface area contributed by atoms with Gasteiger partial charge < -0.3 is 21.5 Å². The number of carboxylic acids is 1. The third kappa shape index (κ3) is 5.46. The van der Waals surface area contributed by atoms with Crippen LogP contribution in [-0.4, -0.2) is 41.3 Å². The molecule has 33 heavy (non-hydrogen) atoms. The van der Waals surface area contributed by atoms with Gasteiger partial charge in [-0.1, -0.05) is 42.5 Å². The zero-order valence-corrected chi connectivity index (χ0v) is 18.1. The predicted molar refractivity (Wildman–Crippen MR) is 124 cm³/mol. The number of carbonyl (C=O) groups is 3. The van der Waals surface area contributed by atoms with Crippen LogP contribution in [0.25, 0.3) is 6.08 Å². The second-order valence-electron chi connectivity index (χ2n) is 8.39. The van der Waals surface area contributed by atoms with Crippen LogP contribution in [0.15, 0.2) is 59.1 Å². The standard InChI is InChI=1S/C25H26N4O4/c26-23(27-13-15-4-2-1-3-5-15)17-7-6-16-8-19(10-18(16)9-17)24(32)28-14-21-11-20(12-22(30)31)25(33)29-21/h1-7,9-10,20-21H,8,11-14H2,(H2,26,27)(H,28,32)(H,29,33)(H,30,31). The van der Waals surface area contributed by atoms with Gasteiger partial charge >= 0.3 is 5.97 Å². The highest BCUT2D eigenvalue weighted by atomic mass is 16.4. The Morgan fingerprint density at radius 2 is 1.97 bits per heavy atom. The lowest BCUT2D eigenvalue weighted by Gasteiger charge is -2.11. The highest BCUT2D eigenvalue weighted by Gasteiger charge is 2.33. The number of benzene rings is 2. The molecular formula is C25H26N4O4. The molecule has 8 heteroatoms. The maximum absolute atomic E-state index is 12.7. The van der Waals surface area contributed by atoms with Crippen LogP contribution in [0.1, 0.15) is 35.1 Å². The maximum Gasteiger partial charge on any atom is 0.304 e. The smallest absolute Gasteiger partial charge is 0.304 e. The third-order valence-electron chi connectivity index (χ3n) is 5.93. The lowest BCUT2D eigenvalue weighted by molar-refractivity contribution is -0.140. The molecule has 1 fully saturated rings. The first-order valence-electron chi connectivity index (χ1n) is 10.9. The Hall–Kier alpha value is -3.94. The number of nitrogens with zero attached hydrogens (tertiary/aromatic N) is 1. The molecule has 2 aliphatic rings. The molecule has 1 aliphatic carbocycles. The number of rotatable bonds is 8. The van der Waals surface area contributed by atoms with Gasteiger partial charge in [0, 0.05) is 30.1 Å². The van der Waals surface area contributed by atoms with Gasteiger partial charge in [0.1, 0.15) is 5.84 Å². The van der Waals surface area contributed by atoms with Crippen LogP contribution in [0.4, 0.5) is 0 Å². The molecule has 170 valence electrons. The lowest BCUT2D eigenvalue weighted by atomic mass is 10.0. The highest BCUT2D eigenvalue weighted by Crippen LogP contribution is 2.26. The SMILES string of the molecule is NC(=NCc1ccccc1)c1ccc2c(c1)C=C(C(=O)NCC1CC(CC(=O)O)C(=O)N1)C2. The summed E-state index contributed by atoms with van der Waals surface area (Å²) in [6.07, 6.45) is 2.56. The number of hydrogen-bond donors (Lipinski definition) is 4. The van der Waals surface area contributed by atoms with Gasteiger partial charge in [0.15, 0.2) is 0 Å². The van der Waals surface area contributed by atoms with Gasteiger partial charge in [0.05, 0.1) is 18.9 Å². The van der Waals surface area contributed by atoms with E-state index in [2.05, 4.69) is 15.6 Å². The second-order valence-corrected chi connectivity index (χ2v) is 8.39. The molecule has 0 saturated carbocycles. The zero-order valence-electron chi connectivity index (χ0n) is 18.1. The van der Waals surface area contributed by atoms with Gasteiger partial charge in [0.25, 0.3) is 0 Å². The summed E-state index contributed by atoms with van der Waals surface area (Å²) in [6, 6.07) is 15.4. The minimum absolute atomic E-state index is 0.198. The largest absolute Gasteiger partial charge is 0.481 e. The Labute approximate surface area is 191 Å². The quantitative estimate of drug-likeness (QED) is 0.361. The van der Waals surface area contributed by atoms with Crippen molar-refractivity contribution < 1.29 is 19.5 Å². The summed E-state index contributed by atoms with van der Waals surface area (Å²) in [5, 5.41) is 14.5. The van der Waals surface area contributed by atoms with Crippen LogP contribution in [0.2, 0.25) is 0 Å². The average molecular weight is 447 g/mol. The number of aliphatic carboxylic acids is 1. The fourth-order valence-electron chi connectivity index (χ4n) is 4.17. The number of carboxylic acid groups (broad SMARTS) is 1. The van der Waals surface area contributed by atoms with Crippen molar-refractivity contribution in [2.45, 2.75) is 31.8 Å². The van der Waals surface area contributed by atoms with E-state index >= 15 is 0 Å². The topological polar surface area (TPSA) is 134 Å². The van der Waals surface area contributed by atoms with E-state index in [1.807, 2.05) is 54.6 Å². The van der Waals surface area contributed by atoms with Crippen LogP contribution in [-0.2, 0) is 27.3 Å². The first kappa shape index (κ1) is 22.3. The van der Waals surface area contributed by atoms with Crippen molar-refractivity contribution in [3.8, 4) is 0 Å². The fraction of sp³-hybridized carbons (Fsp3) is 0.280. The lowest BCUT2D eigenvalue weighted by Crippen LogP contribution is -2.39. The maximum atomic E-state index is 12.7. The third-order valence-corrected chi connectivity index (χ3v) is 5.93. The van der Waals surface area contributed by atoms with Gasteiger partial charge in [-0.25, -0.2) is 0 Å². The van der Waals surface area contributed by atoms with Crippen molar-refractivity contribution in [1.82, 2.24) is 10.6 Å². The number of nitrogens with two attached hydrogens (primary N) is 1. The van der Waals surface area contributed by atoms with Crippen molar-refractivity contribution in [3.05, 3.63) is 76.4 Å². The number of hydrogen-bond acceptors (Lipinski definition) is 4. The van der Waals surface area contributed by atoms with E-state index in [0.717, 1.165) is 22.3 Å². The number of amidine groups is 1. The summed E-state index contributed by atoms with van der Waals surface area (Å²) in [4.78, 5) is 39.8. The molecule has 0 aromatic heterocycles. The van der Waals surface area contributed by atoms with Crippen LogP contribution in [0.5, 0.6) is 0 Å². The van der Waals surface area contributed by atoms with E-state index in [9.17, 15) is 14.4 Å². The van der Waals surface area contributed by atoms with E-state index in [1.54, 1.807) is 0 Å².